The molecule has 0 fully saturated rings. The standard InChI is InChI=1S/C22H23N5O4/c1-3-29-21-13-20(23-14(2)24-21)25-15-4-6-16(7-5-15)26-22(28)27-17-8-9-18-19(12-17)31-11-10-30-18/h4-9,12-13H,3,10-11H2,1-2H3,(H,23,24,25)(H2,26,27,28). The van der Waals surface area contributed by atoms with Crippen LogP contribution in [0.5, 0.6) is 17.4 Å². The van der Waals surface area contributed by atoms with Gasteiger partial charge in [-0.05, 0) is 50.2 Å². The Morgan fingerprint density at radius 2 is 1.61 bits per heavy atom. The van der Waals surface area contributed by atoms with Crippen LogP contribution in [0.3, 0.4) is 0 Å². The van der Waals surface area contributed by atoms with Crippen LogP contribution in [-0.4, -0.2) is 35.8 Å². The van der Waals surface area contributed by atoms with Crippen molar-refractivity contribution in [1.82, 2.24) is 9.97 Å². The molecule has 9 heteroatoms. The third-order valence-electron chi connectivity index (χ3n) is 4.32. The Labute approximate surface area is 179 Å². The number of carbonyl (C=O) groups is 1. The monoisotopic (exact) mass is 421 g/mol. The Kier molecular flexibility index (Phi) is 6.02. The summed E-state index contributed by atoms with van der Waals surface area (Å²) in [6.07, 6.45) is 0. The number of fused-ring (bicyclic) bond motifs is 1. The first-order chi connectivity index (χ1) is 15.1. The van der Waals surface area contributed by atoms with Gasteiger partial charge in [0.15, 0.2) is 11.5 Å². The van der Waals surface area contributed by atoms with Gasteiger partial charge in [-0.2, -0.15) is 4.98 Å². The molecule has 1 aliphatic heterocycles. The largest absolute Gasteiger partial charge is 0.486 e. The molecule has 0 spiro atoms. The Balaban J connectivity index is 1.35. The fraction of sp³-hybridized carbons (Fsp3) is 0.227. The minimum Gasteiger partial charge on any atom is -0.486 e. The molecule has 0 radical (unpaired) electrons. The van der Waals surface area contributed by atoms with Gasteiger partial charge in [-0.25, -0.2) is 9.78 Å². The number of benzene rings is 2. The van der Waals surface area contributed by atoms with Gasteiger partial charge < -0.3 is 30.2 Å². The summed E-state index contributed by atoms with van der Waals surface area (Å²) in [6.45, 7) is 5.26. The molecule has 0 atom stereocenters. The smallest absolute Gasteiger partial charge is 0.323 e. The second-order valence-corrected chi connectivity index (χ2v) is 6.71. The van der Waals surface area contributed by atoms with Crippen LogP contribution in [0, 0.1) is 6.92 Å². The molecule has 0 aliphatic carbocycles. The lowest BCUT2D eigenvalue weighted by Gasteiger charge is -2.19. The third-order valence-corrected chi connectivity index (χ3v) is 4.32. The molecule has 2 heterocycles. The van der Waals surface area contributed by atoms with Crippen molar-refractivity contribution in [1.29, 1.82) is 0 Å². The van der Waals surface area contributed by atoms with Crippen LogP contribution in [-0.2, 0) is 0 Å². The van der Waals surface area contributed by atoms with Gasteiger partial charge in [-0.1, -0.05) is 0 Å². The van der Waals surface area contributed by atoms with Crippen LogP contribution in [0.25, 0.3) is 0 Å². The van der Waals surface area contributed by atoms with E-state index in [4.69, 9.17) is 14.2 Å². The number of amides is 2. The highest BCUT2D eigenvalue weighted by Crippen LogP contribution is 2.32. The average Bonchev–Trinajstić information content (AvgIpc) is 2.75. The normalized spacial score (nSPS) is 12.1. The lowest BCUT2D eigenvalue weighted by molar-refractivity contribution is 0.171. The van der Waals surface area contributed by atoms with E-state index >= 15 is 0 Å². The van der Waals surface area contributed by atoms with E-state index in [1.165, 1.54) is 0 Å². The molecule has 160 valence electrons. The lowest BCUT2D eigenvalue weighted by Crippen LogP contribution is -2.20. The zero-order chi connectivity index (χ0) is 21.6. The summed E-state index contributed by atoms with van der Waals surface area (Å²) in [7, 11) is 0. The highest BCUT2D eigenvalue weighted by molar-refractivity contribution is 6.00. The fourth-order valence-electron chi connectivity index (χ4n) is 3.03. The number of urea groups is 1. The van der Waals surface area contributed by atoms with Gasteiger partial charge in [-0.15, -0.1) is 0 Å². The molecular weight excluding hydrogens is 398 g/mol. The average molecular weight is 421 g/mol. The second-order valence-electron chi connectivity index (χ2n) is 6.71. The van der Waals surface area contributed by atoms with Gasteiger partial charge in [-0.3, -0.25) is 0 Å². The van der Waals surface area contributed by atoms with Gasteiger partial charge in [0.1, 0.15) is 24.9 Å². The first kappa shape index (κ1) is 20.3. The Morgan fingerprint density at radius 3 is 2.39 bits per heavy atom. The summed E-state index contributed by atoms with van der Waals surface area (Å²) in [4.78, 5) is 20.9. The SMILES string of the molecule is CCOc1cc(Nc2ccc(NC(=O)Nc3ccc4c(c3)OCCO4)cc2)nc(C)n1. The van der Waals surface area contributed by atoms with Crippen molar-refractivity contribution in [3.63, 3.8) is 0 Å². The third kappa shape index (κ3) is 5.33. The van der Waals surface area contributed by atoms with Crippen molar-refractivity contribution in [2.24, 2.45) is 0 Å². The summed E-state index contributed by atoms with van der Waals surface area (Å²) >= 11 is 0. The first-order valence-electron chi connectivity index (χ1n) is 9.92. The van der Waals surface area contributed by atoms with Crippen molar-refractivity contribution in [3.05, 3.63) is 54.4 Å². The summed E-state index contributed by atoms with van der Waals surface area (Å²) in [6, 6.07) is 13.9. The van der Waals surface area contributed by atoms with E-state index < -0.39 is 0 Å². The maximum absolute atomic E-state index is 12.3. The van der Waals surface area contributed by atoms with Crippen molar-refractivity contribution < 1.29 is 19.0 Å². The zero-order valence-corrected chi connectivity index (χ0v) is 17.3. The molecule has 2 aromatic carbocycles. The quantitative estimate of drug-likeness (QED) is 0.543. The molecule has 1 aromatic heterocycles. The summed E-state index contributed by atoms with van der Waals surface area (Å²) in [5, 5.41) is 8.80. The molecule has 0 bridgehead atoms. The highest BCUT2D eigenvalue weighted by Gasteiger charge is 2.13. The maximum Gasteiger partial charge on any atom is 0.323 e. The number of anilines is 4. The molecule has 4 rings (SSSR count). The Hall–Kier alpha value is -4.01. The number of nitrogens with zero attached hydrogens (tertiary/aromatic N) is 2. The second kappa shape index (κ2) is 9.21. The van der Waals surface area contributed by atoms with E-state index in [0.29, 0.717) is 60.2 Å². The number of aromatic nitrogens is 2. The van der Waals surface area contributed by atoms with E-state index in [1.54, 1.807) is 43.3 Å². The fourth-order valence-corrected chi connectivity index (χ4v) is 3.03. The van der Waals surface area contributed by atoms with Gasteiger partial charge >= 0.3 is 6.03 Å². The predicted molar refractivity (Wildman–Crippen MR) is 118 cm³/mol. The molecule has 0 unspecified atom stereocenters. The lowest BCUT2D eigenvalue weighted by atomic mass is 10.2. The van der Waals surface area contributed by atoms with Crippen molar-refractivity contribution in [3.8, 4) is 17.4 Å². The van der Waals surface area contributed by atoms with Crippen LogP contribution in [0.4, 0.5) is 27.7 Å². The first-order valence-corrected chi connectivity index (χ1v) is 9.92. The molecule has 3 aromatic rings. The van der Waals surface area contributed by atoms with Gasteiger partial charge in [0.05, 0.1) is 6.61 Å². The molecule has 0 saturated carbocycles. The predicted octanol–water partition coefficient (Wildman–Crippen LogP) is 4.34. The summed E-state index contributed by atoms with van der Waals surface area (Å²) in [5.41, 5.74) is 2.08. The zero-order valence-electron chi connectivity index (χ0n) is 17.3. The molecule has 1 aliphatic rings. The van der Waals surface area contributed by atoms with E-state index in [9.17, 15) is 4.79 Å². The number of ether oxygens (including phenoxy) is 3. The Bertz CT molecular complexity index is 1070. The number of hydrogen-bond donors (Lipinski definition) is 3. The highest BCUT2D eigenvalue weighted by atomic mass is 16.6. The number of nitrogens with one attached hydrogen (secondary N) is 3. The molecule has 31 heavy (non-hydrogen) atoms. The van der Waals surface area contributed by atoms with Crippen LogP contribution in [0.1, 0.15) is 12.7 Å². The molecule has 0 saturated heterocycles. The van der Waals surface area contributed by atoms with Crippen molar-refractivity contribution in [2.45, 2.75) is 13.8 Å². The number of aryl methyl sites for hydroxylation is 1. The Morgan fingerprint density at radius 1 is 0.935 bits per heavy atom. The molecule has 2 amide bonds. The number of rotatable bonds is 6. The minimum absolute atomic E-state index is 0.356. The van der Waals surface area contributed by atoms with Crippen LogP contribution < -0.4 is 30.2 Å². The van der Waals surface area contributed by atoms with E-state index in [0.717, 1.165) is 5.69 Å². The van der Waals surface area contributed by atoms with Crippen LogP contribution in [0.2, 0.25) is 0 Å². The molecular formula is C22H23N5O4. The van der Waals surface area contributed by atoms with E-state index in [1.807, 2.05) is 19.1 Å². The van der Waals surface area contributed by atoms with Crippen LogP contribution in [0.15, 0.2) is 48.5 Å². The van der Waals surface area contributed by atoms with Crippen molar-refractivity contribution >= 4 is 28.9 Å². The van der Waals surface area contributed by atoms with Gasteiger partial charge in [0.25, 0.3) is 0 Å². The van der Waals surface area contributed by atoms with E-state index in [-0.39, 0.29) is 6.03 Å². The maximum atomic E-state index is 12.3. The summed E-state index contributed by atoms with van der Waals surface area (Å²) in [5.74, 6) is 3.06. The van der Waals surface area contributed by atoms with Gasteiger partial charge in [0, 0.05) is 29.2 Å². The van der Waals surface area contributed by atoms with Crippen LogP contribution >= 0.6 is 0 Å². The topological polar surface area (TPSA) is 107 Å². The number of hydrogen-bond acceptors (Lipinski definition) is 7. The molecule has 9 nitrogen and oxygen atoms in total. The summed E-state index contributed by atoms with van der Waals surface area (Å²) < 4.78 is 16.5. The molecule has 3 N–H and O–H groups in total. The number of carbonyl (C=O) groups excluding carboxylic acids is 1. The minimum atomic E-state index is -0.356. The van der Waals surface area contributed by atoms with Crippen molar-refractivity contribution in [2.75, 3.05) is 35.8 Å². The van der Waals surface area contributed by atoms with Gasteiger partial charge in [0.2, 0.25) is 5.88 Å². The van der Waals surface area contributed by atoms with E-state index in [2.05, 4.69) is 25.9 Å².